The topological polar surface area (TPSA) is 78.4 Å². The largest absolute Gasteiger partial charge is 0.357 e. The Bertz CT molecular complexity index is 614. The second kappa shape index (κ2) is 13.1. The molecule has 3 N–H and O–H groups in total. The van der Waals surface area contributed by atoms with Crippen molar-refractivity contribution in [3.63, 3.8) is 0 Å². The Morgan fingerprint density at radius 3 is 2.73 bits per heavy atom. The zero-order valence-corrected chi connectivity index (χ0v) is 18.8. The molecule has 8 heteroatoms. The summed E-state index contributed by atoms with van der Waals surface area (Å²) in [7, 11) is 0. The molecule has 0 atom stereocenters. The molecule has 0 saturated carbocycles. The molecule has 146 valence electrons. The first-order valence-corrected chi connectivity index (χ1v) is 9.97. The third-order valence-corrected chi connectivity index (χ3v) is 5.01. The zero-order chi connectivity index (χ0) is 17.9. The predicted molar refractivity (Wildman–Crippen MR) is 120 cm³/mol. The highest BCUT2D eigenvalue weighted by atomic mass is 127. The Morgan fingerprint density at radius 1 is 1.27 bits per heavy atom. The lowest BCUT2D eigenvalue weighted by Crippen LogP contribution is -2.41. The molecule has 2 rings (SSSR count). The van der Waals surface area contributed by atoms with E-state index in [1.54, 1.807) is 5.51 Å². The highest BCUT2D eigenvalue weighted by Gasteiger charge is 2.10. The normalized spacial score (nSPS) is 14.2. The fourth-order valence-electron chi connectivity index (χ4n) is 2.74. The van der Waals surface area contributed by atoms with Crippen LogP contribution in [0.4, 0.5) is 0 Å². The van der Waals surface area contributed by atoms with Crippen LogP contribution in [0, 0.1) is 6.92 Å². The Morgan fingerprint density at radius 2 is 2.08 bits per heavy atom. The van der Waals surface area contributed by atoms with E-state index < -0.39 is 0 Å². The quantitative estimate of drug-likeness (QED) is 0.172. The number of nitrogens with zero attached hydrogens (tertiary/aromatic N) is 2. The molecular formula is C18H30IN5OS. The van der Waals surface area contributed by atoms with Crippen molar-refractivity contribution in [2.75, 3.05) is 26.2 Å². The van der Waals surface area contributed by atoms with E-state index in [0.717, 1.165) is 31.2 Å². The lowest BCUT2D eigenvalue weighted by atomic mass is 9.97. The van der Waals surface area contributed by atoms with E-state index in [9.17, 15) is 4.79 Å². The van der Waals surface area contributed by atoms with E-state index in [2.05, 4.69) is 38.9 Å². The third-order valence-electron chi connectivity index (χ3n) is 4.09. The fourth-order valence-corrected chi connectivity index (χ4v) is 3.46. The van der Waals surface area contributed by atoms with Gasteiger partial charge in [0.2, 0.25) is 0 Å². The van der Waals surface area contributed by atoms with E-state index in [0.29, 0.717) is 18.0 Å². The number of aromatic nitrogens is 1. The molecule has 26 heavy (non-hydrogen) atoms. The van der Waals surface area contributed by atoms with Gasteiger partial charge in [0.25, 0.3) is 5.91 Å². The van der Waals surface area contributed by atoms with Crippen LogP contribution in [-0.2, 0) is 0 Å². The lowest BCUT2D eigenvalue weighted by Gasteiger charge is -2.13. The van der Waals surface area contributed by atoms with E-state index >= 15 is 0 Å². The minimum atomic E-state index is -0.0621. The molecule has 0 radical (unpaired) electrons. The van der Waals surface area contributed by atoms with Crippen LogP contribution in [0.5, 0.6) is 0 Å². The van der Waals surface area contributed by atoms with Crippen molar-refractivity contribution in [1.29, 1.82) is 0 Å². The Kier molecular flexibility index (Phi) is 11.5. The van der Waals surface area contributed by atoms with Gasteiger partial charge in [0.05, 0.1) is 11.2 Å². The van der Waals surface area contributed by atoms with E-state index in [-0.39, 0.29) is 29.9 Å². The number of aliphatic imine (C=N–C) groups is 1. The maximum atomic E-state index is 12.0. The monoisotopic (exact) mass is 491 g/mol. The SMILES string of the molecule is CCNC(=NCCC1=CCCCC1)NCCNC(=O)c1scnc1C.I. The number of hydrogen-bond donors (Lipinski definition) is 3. The Balaban J connectivity index is 0.00000338. The number of halogens is 1. The minimum Gasteiger partial charge on any atom is -0.357 e. The van der Waals surface area contributed by atoms with Crippen LogP contribution in [0.15, 0.2) is 22.2 Å². The molecule has 0 aliphatic heterocycles. The number of rotatable bonds is 8. The maximum absolute atomic E-state index is 12.0. The van der Waals surface area contributed by atoms with Gasteiger partial charge in [-0.2, -0.15) is 0 Å². The second-order valence-electron chi connectivity index (χ2n) is 6.07. The average Bonchev–Trinajstić information content (AvgIpc) is 3.05. The average molecular weight is 491 g/mol. The summed E-state index contributed by atoms with van der Waals surface area (Å²) < 4.78 is 0. The number of carbonyl (C=O) groups excluding carboxylic acids is 1. The Labute approximate surface area is 177 Å². The molecule has 1 aliphatic rings. The van der Waals surface area contributed by atoms with Crippen molar-refractivity contribution < 1.29 is 4.79 Å². The van der Waals surface area contributed by atoms with Crippen molar-refractivity contribution >= 4 is 47.2 Å². The van der Waals surface area contributed by atoms with Crippen LogP contribution in [0.1, 0.15) is 54.4 Å². The van der Waals surface area contributed by atoms with Crippen molar-refractivity contribution in [2.24, 2.45) is 4.99 Å². The standard InChI is InChI=1S/C18H29N5OS.HI/c1-3-19-18(21-10-9-15-7-5-4-6-8-15)22-12-11-20-17(24)16-14(2)23-13-25-16;/h7,13H,3-6,8-12H2,1-2H3,(H,20,24)(H2,19,21,22);1H. The smallest absolute Gasteiger partial charge is 0.263 e. The number of guanidine groups is 1. The van der Waals surface area contributed by atoms with E-state index in [4.69, 9.17) is 0 Å². The van der Waals surface area contributed by atoms with Crippen LogP contribution in [0.25, 0.3) is 0 Å². The summed E-state index contributed by atoms with van der Waals surface area (Å²) in [5.41, 5.74) is 4.01. The first kappa shape index (κ1) is 22.9. The highest BCUT2D eigenvalue weighted by molar-refractivity contribution is 14.0. The fraction of sp³-hybridized carbons (Fsp3) is 0.611. The molecule has 0 spiro atoms. The van der Waals surface area contributed by atoms with Gasteiger partial charge in [-0.1, -0.05) is 11.6 Å². The summed E-state index contributed by atoms with van der Waals surface area (Å²) >= 11 is 1.37. The van der Waals surface area contributed by atoms with Crippen LogP contribution in [-0.4, -0.2) is 43.0 Å². The van der Waals surface area contributed by atoms with Crippen LogP contribution in [0.3, 0.4) is 0 Å². The first-order valence-electron chi connectivity index (χ1n) is 9.09. The molecule has 6 nitrogen and oxygen atoms in total. The number of carbonyl (C=O) groups is 1. The molecule has 1 aromatic rings. The lowest BCUT2D eigenvalue weighted by molar-refractivity contribution is 0.0957. The first-order chi connectivity index (χ1) is 12.2. The van der Waals surface area contributed by atoms with E-state index in [1.807, 2.05) is 6.92 Å². The number of thiazole rings is 1. The van der Waals surface area contributed by atoms with Crippen molar-refractivity contribution in [2.45, 2.75) is 46.0 Å². The number of aryl methyl sites for hydroxylation is 1. The number of allylic oxidation sites excluding steroid dienone is 1. The molecule has 0 unspecified atom stereocenters. The van der Waals surface area contributed by atoms with Gasteiger partial charge >= 0.3 is 0 Å². The third kappa shape index (κ3) is 8.03. The van der Waals surface area contributed by atoms with Crippen LogP contribution in [0.2, 0.25) is 0 Å². The van der Waals surface area contributed by atoms with Gasteiger partial charge in [0, 0.05) is 26.2 Å². The summed E-state index contributed by atoms with van der Waals surface area (Å²) in [6.45, 7) is 6.70. The highest BCUT2D eigenvalue weighted by Crippen LogP contribution is 2.19. The molecule has 1 aliphatic carbocycles. The van der Waals surface area contributed by atoms with Gasteiger partial charge in [0.1, 0.15) is 4.88 Å². The Hall–Kier alpha value is -1.16. The number of nitrogens with one attached hydrogen (secondary N) is 3. The zero-order valence-electron chi connectivity index (χ0n) is 15.6. The van der Waals surface area contributed by atoms with Crippen LogP contribution >= 0.6 is 35.3 Å². The van der Waals surface area contributed by atoms with Gasteiger partial charge in [-0.25, -0.2) is 4.98 Å². The van der Waals surface area contributed by atoms with Crippen molar-refractivity contribution in [1.82, 2.24) is 20.9 Å². The molecular weight excluding hydrogens is 461 g/mol. The molecule has 0 aromatic carbocycles. The summed E-state index contributed by atoms with van der Waals surface area (Å²) in [6.07, 6.45) is 8.49. The molecule has 1 amide bonds. The molecule has 0 fully saturated rings. The minimum absolute atomic E-state index is 0. The maximum Gasteiger partial charge on any atom is 0.263 e. The summed E-state index contributed by atoms with van der Waals surface area (Å²) in [4.78, 5) is 21.4. The van der Waals surface area contributed by atoms with Gasteiger partial charge in [0.15, 0.2) is 5.96 Å². The van der Waals surface area contributed by atoms with Crippen molar-refractivity contribution in [3.8, 4) is 0 Å². The second-order valence-corrected chi connectivity index (χ2v) is 6.92. The van der Waals surface area contributed by atoms with Gasteiger partial charge in [-0.3, -0.25) is 9.79 Å². The summed E-state index contributed by atoms with van der Waals surface area (Å²) in [5, 5.41) is 9.42. The van der Waals surface area contributed by atoms with E-state index in [1.165, 1.54) is 42.6 Å². The van der Waals surface area contributed by atoms with Crippen LogP contribution < -0.4 is 16.0 Å². The molecule has 1 aromatic heterocycles. The summed E-state index contributed by atoms with van der Waals surface area (Å²) in [6, 6.07) is 0. The molecule has 0 saturated heterocycles. The summed E-state index contributed by atoms with van der Waals surface area (Å²) in [5.74, 6) is 0.745. The number of hydrogen-bond acceptors (Lipinski definition) is 4. The van der Waals surface area contributed by atoms with Crippen molar-refractivity contribution in [3.05, 3.63) is 27.7 Å². The predicted octanol–water partition coefficient (Wildman–Crippen LogP) is 3.24. The molecule has 0 bridgehead atoms. The van der Waals surface area contributed by atoms with Gasteiger partial charge in [-0.05, 0) is 46.0 Å². The van der Waals surface area contributed by atoms with Gasteiger partial charge in [-0.15, -0.1) is 35.3 Å². The molecule has 1 heterocycles. The number of amides is 1. The van der Waals surface area contributed by atoms with Gasteiger partial charge < -0.3 is 16.0 Å².